The predicted octanol–water partition coefficient (Wildman–Crippen LogP) is 2.85. The summed E-state index contributed by atoms with van der Waals surface area (Å²) >= 11 is 0. The van der Waals surface area contributed by atoms with Gasteiger partial charge in [-0.1, -0.05) is 26.0 Å². The van der Waals surface area contributed by atoms with E-state index < -0.39 is 28.4 Å². The van der Waals surface area contributed by atoms with Crippen molar-refractivity contribution >= 4 is 17.6 Å². The van der Waals surface area contributed by atoms with E-state index in [1.165, 1.54) is 32.0 Å². The summed E-state index contributed by atoms with van der Waals surface area (Å²) in [6.07, 6.45) is 0.409. The third kappa shape index (κ3) is 6.02. The van der Waals surface area contributed by atoms with Crippen LogP contribution in [0, 0.1) is 16.0 Å². The predicted molar refractivity (Wildman–Crippen MR) is 95.8 cm³/mol. The molecule has 0 fully saturated rings. The van der Waals surface area contributed by atoms with Gasteiger partial charge in [0, 0.05) is 6.07 Å². The van der Waals surface area contributed by atoms with E-state index in [0.29, 0.717) is 6.42 Å². The minimum atomic E-state index is -1.42. The maximum atomic E-state index is 12.6. The van der Waals surface area contributed by atoms with Crippen molar-refractivity contribution in [3.63, 3.8) is 0 Å². The minimum Gasteiger partial charge on any atom is -0.471 e. The highest BCUT2D eigenvalue weighted by Crippen LogP contribution is 2.29. The molecule has 144 valence electrons. The number of ether oxygens (including phenoxy) is 2. The number of benzene rings is 1. The van der Waals surface area contributed by atoms with Crippen molar-refractivity contribution in [3.8, 4) is 5.75 Å². The Bertz CT molecular complexity index is 657. The van der Waals surface area contributed by atoms with Crippen molar-refractivity contribution in [2.24, 2.45) is 5.92 Å². The van der Waals surface area contributed by atoms with Crippen LogP contribution in [0.2, 0.25) is 0 Å². The average molecular weight is 366 g/mol. The van der Waals surface area contributed by atoms with Crippen LogP contribution in [0.5, 0.6) is 5.75 Å². The van der Waals surface area contributed by atoms with E-state index in [1.54, 1.807) is 13.0 Å². The van der Waals surface area contributed by atoms with Gasteiger partial charge in [0.2, 0.25) is 0 Å². The van der Waals surface area contributed by atoms with Crippen molar-refractivity contribution in [2.75, 3.05) is 6.61 Å². The van der Waals surface area contributed by atoms with Gasteiger partial charge in [0.15, 0.2) is 11.4 Å². The maximum absolute atomic E-state index is 12.6. The first-order valence-corrected chi connectivity index (χ1v) is 8.48. The van der Waals surface area contributed by atoms with E-state index in [4.69, 9.17) is 9.47 Å². The van der Waals surface area contributed by atoms with Gasteiger partial charge in [0.1, 0.15) is 6.04 Å². The normalized spacial score (nSPS) is 12.4. The van der Waals surface area contributed by atoms with Crippen molar-refractivity contribution in [1.82, 2.24) is 5.32 Å². The molecule has 1 aromatic rings. The van der Waals surface area contributed by atoms with Crippen molar-refractivity contribution in [2.45, 2.75) is 52.7 Å². The molecule has 0 saturated heterocycles. The quantitative estimate of drug-likeness (QED) is 0.409. The molecule has 0 spiro atoms. The van der Waals surface area contributed by atoms with E-state index >= 15 is 0 Å². The molecule has 0 aliphatic carbocycles. The summed E-state index contributed by atoms with van der Waals surface area (Å²) in [5.74, 6) is -0.941. The first-order valence-electron chi connectivity index (χ1n) is 8.48. The van der Waals surface area contributed by atoms with Gasteiger partial charge >= 0.3 is 11.7 Å². The number of carbonyl (C=O) groups excluding carboxylic acids is 2. The van der Waals surface area contributed by atoms with E-state index in [2.05, 4.69) is 5.32 Å². The van der Waals surface area contributed by atoms with Crippen molar-refractivity contribution in [1.29, 1.82) is 0 Å². The molecule has 1 N–H and O–H groups in total. The molecule has 0 saturated carbocycles. The van der Waals surface area contributed by atoms with Gasteiger partial charge in [-0.05, 0) is 39.2 Å². The summed E-state index contributed by atoms with van der Waals surface area (Å²) in [6, 6.07) is 5.00. The van der Waals surface area contributed by atoms with Gasteiger partial charge in [0.05, 0.1) is 11.5 Å². The third-order valence-corrected chi connectivity index (χ3v) is 3.56. The number of rotatable bonds is 9. The van der Waals surface area contributed by atoms with Gasteiger partial charge in [-0.2, -0.15) is 0 Å². The Labute approximate surface area is 153 Å². The lowest BCUT2D eigenvalue weighted by Gasteiger charge is -2.28. The fourth-order valence-electron chi connectivity index (χ4n) is 2.28. The summed E-state index contributed by atoms with van der Waals surface area (Å²) in [4.78, 5) is 35.2. The second kappa shape index (κ2) is 9.17. The van der Waals surface area contributed by atoms with E-state index in [9.17, 15) is 19.7 Å². The zero-order chi connectivity index (χ0) is 19.9. The topological polar surface area (TPSA) is 108 Å². The standard InChI is InChI=1S/C18H26N2O6/c1-6-25-16(21)13(11-12(2)3)19-17(22)18(4,5)26-15-10-8-7-9-14(15)20(23)24/h7-10,12-13H,6,11H2,1-5H3,(H,19,22)/t13-/m0/s1. The molecule has 0 aromatic heterocycles. The second-order valence-electron chi connectivity index (χ2n) is 6.74. The SMILES string of the molecule is CCOC(=O)[C@H](CC(C)C)NC(=O)C(C)(C)Oc1ccccc1[N+](=O)[O-]. The van der Waals surface area contributed by atoms with Crippen LogP contribution in [0.4, 0.5) is 5.69 Å². The number of para-hydroxylation sites is 2. The average Bonchev–Trinajstić information content (AvgIpc) is 2.53. The number of amides is 1. The van der Waals surface area contributed by atoms with Gasteiger partial charge in [-0.25, -0.2) is 4.79 Å². The molecule has 0 radical (unpaired) electrons. The number of nitro groups is 1. The Morgan fingerprint density at radius 1 is 1.27 bits per heavy atom. The van der Waals surface area contributed by atoms with E-state index in [0.717, 1.165) is 0 Å². The molecule has 1 rings (SSSR count). The highest BCUT2D eigenvalue weighted by atomic mass is 16.6. The Kier molecular flexibility index (Phi) is 7.55. The smallest absolute Gasteiger partial charge is 0.328 e. The van der Waals surface area contributed by atoms with Gasteiger partial charge in [0.25, 0.3) is 5.91 Å². The van der Waals surface area contributed by atoms with Crippen LogP contribution in [-0.4, -0.2) is 35.0 Å². The third-order valence-electron chi connectivity index (χ3n) is 3.56. The number of hydrogen-bond donors (Lipinski definition) is 1. The maximum Gasteiger partial charge on any atom is 0.328 e. The number of esters is 1. The van der Waals surface area contributed by atoms with Crippen LogP contribution in [0.15, 0.2) is 24.3 Å². The van der Waals surface area contributed by atoms with Crippen LogP contribution in [-0.2, 0) is 14.3 Å². The van der Waals surface area contributed by atoms with Crippen LogP contribution in [0.3, 0.4) is 0 Å². The number of carbonyl (C=O) groups is 2. The van der Waals surface area contributed by atoms with Crippen molar-refractivity contribution < 1.29 is 24.0 Å². The lowest BCUT2D eigenvalue weighted by molar-refractivity contribution is -0.386. The molecule has 0 unspecified atom stereocenters. The van der Waals surface area contributed by atoms with Crippen LogP contribution >= 0.6 is 0 Å². The van der Waals surface area contributed by atoms with Crippen LogP contribution in [0.1, 0.15) is 41.0 Å². The summed E-state index contributed by atoms with van der Waals surface area (Å²) in [5, 5.41) is 13.7. The molecule has 0 aliphatic rings. The number of hydrogen-bond acceptors (Lipinski definition) is 6. The molecule has 1 atom stereocenters. The summed E-state index contributed by atoms with van der Waals surface area (Å²) in [6.45, 7) is 8.71. The summed E-state index contributed by atoms with van der Waals surface area (Å²) < 4.78 is 10.6. The zero-order valence-electron chi connectivity index (χ0n) is 15.8. The monoisotopic (exact) mass is 366 g/mol. The lowest BCUT2D eigenvalue weighted by atomic mass is 10.0. The molecule has 0 aliphatic heterocycles. The number of nitrogens with zero attached hydrogens (tertiary/aromatic N) is 1. The Morgan fingerprint density at radius 3 is 2.42 bits per heavy atom. The Morgan fingerprint density at radius 2 is 1.88 bits per heavy atom. The molecular formula is C18H26N2O6. The fraction of sp³-hybridized carbons (Fsp3) is 0.556. The van der Waals surface area contributed by atoms with Crippen LogP contribution < -0.4 is 10.1 Å². The molecule has 26 heavy (non-hydrogen) atoms. The van der Waals surface area contributed by atoms with Gasteiger partial charge in [-0.3, -0.25) is 14.9 Å². The minimum absolute atomic E-state index is 0.0193. The molecule has 1 amide bonds. The van der Waals surface area contributed by atoms with Gasteiger partial charge < -0.3 is 14.8 Å². The van der Waals surface area contributed by atoms with Crippen LogP contribution in [0.25, 0.3) is 0 Å². The molecule has 1 aromatic carbocycles. The Hall–Kier alpha value is -2.64. The second-order valence-corrected chi connectivity index (χ2v) is 6.74. The Balaban J connectivity index is 2.95. The summed E-state index contributed by atoms with van der Waals surface area (Å²) in [7, 11) is 0. The lowest BCUT2D eigenvalue weighted by Crippen LogP contribution is -2.53. The van der Waals surface area contributed by atoms with Gasteiger partial charge in [-0.15, -0.1) is 0 Å². The largest absolute Gasteiger partial charge is 0.471 e. The fourth-order valence-corrected chi connectivity index (χ4v) is 2.28. The highest BCUT2D eigenvalue weighted by Gasteiger charge is 2.35. The van der Waals surface area contributed by atoms with E-state index in [1.807, 2.05) is 13.8 Å². The molecule has 8 nitrogen and oxygen atoms in total. The molecule has 0 bridgehead atoms. The molecular weight excluding hydrogens is 340 g/mol. The highest BCUT2D eigenvalue weighted by molar-refractivity contribution is 5.89. The number of nitro benzene ring substituents is 1. The summed E-state index contributed by atoms with van der Waals surface area (Å²) in [5.41, 5.74) is -1.66. The van der Waals surface area contributed by atoms with Crippen molar-refractivity contribution in [3.05, 3.63) is 34.4 Å². The first-order chi connectivity index (χ1) is 12.1. The molecule has 8 heteroatoms. The zero-order valence-corrected chi connectivity index (χ0v) is 15.8. The van der Waals surface area contributed by atoms with E-state index in [-0.39, 0.29) is 24.0 Å². The molecule has 0 heterocycles. The first kappa shape index (κ1) is 21.4. The number of nitrogens with one attached hydrogen (secondary N) is 1.